The number of phenols is 1. The van der Waals surface area contributed by atoms with Gasteiger partial charge in [-0.15, -0.1) is 0 Å². The van der Waals surface area contributed by atoms with Crippen LogP contribution in [0, 0.1) is 0 Å². The topological polar surface area (TPSA) is 79.8 Å². The molecule has 1 aliphatic heterocycles. The van der Waals surface area contributed by atoms with Gasteiger partial charge in [0.1, 0.15) is 17.2 Å². The van der Waals surface area contributed by atoms with Crippen molar-refractivity contribution in [3.05, 3.63) is 89.1 Å². The number of phenolic OH excluding ortho intramolecular Hbond substituents is 1. The molecule has 1 heterocycles. The third-order valence-electron chi connectivity index (χ3n) is 6.43. The number of methoxy groups -OCH3 is 2. The summed E-state index contributed by atoms with van der Waals surface area (Å²) in [4.78, 5) is 13.7. The van der Waals surface area contributed by atoms with Crippen LogP contribution in [0.15, 0.2) is 78.0 Å². The van der Waals surface area contributed by atoms with E-state index in [-0.39, 0.29) is 17.5 Å². The molecule has 6 nitrogen and oxygen atoms in total. The zero-order chi connectivity index (χ0) is 22.9. The Kier molecular flexibility index (Phi) is 5.42. The Labute approximate surface area is 192 Å². The molecule has 3 aromatic rings. The second-order valence-corrected chi connectivity index (χ2v) is 8.34. The fraction of sp³-hybridized carbons (Fsp3) is 0.222. The number of nitrogens with one attached hydrogen (secondary N) is 2. The molecule has 0 fully saturated rings. The van der Waals surface area contributed by atoms with Crippen molar-refractivity contribution in [3.8, 4) is 17.2 Å². The second kappa shape index (κ2) is 8.54. The summed E-state index contributed by atoms with van der Waals surface area (Å²) in [5.41, 5.74) is 4.91. The number of rotatable bonds is 4. The molecule has 0 aromatic heterocycles. The molecule has 3 N–H and O–H groups in total. The molecule has 2 unspecified atom stereocenters. The number of hydrogen-bond acceptors (Lipinski definition) is 6. The number of carbonyl (C=O) groups excluding carboxylic acids is 1. The predicted molar refractivity (Wildman–Crippen MR) is 128 cm³/mol. The van der Waals surface area contributed by atoms with E-state index in [1.54, 1.807) is 26.4 Å². The molecule has 3 aromatic carbocycles. The maximum Gasteiger partial charge on any atom is 0.163 e. The van der Waals surface area contributed by atoms with Crippen molar-refractivity contribution in [2.24, 2.45) is 0 Å². The van der Waals surface area contributed by atoms with Crippen LogP contribution in [0.4, 0.5) is 11.4 Å². The molecule has 5 rings (SSSR count). The van der Waals surface area contributed by atoms with Crippen LogP contribution in [0.5, 0.6) is 17.2 Å². The minimum absolute atomic E-state index is 0.0344. The Morgan fingerprint density at radius 1 is 0.879 bits per heavy atom. The summed E-state index contributed by atoms with van der Waals surface area (Å²) in [7, 11) is 3.27. The number of fused-ring (bicyclic) bond motifs is 1. The molecule has 0 bridgehead atoms. The number of para-hydroxylation sites is 3. The molecule has 168 valence electrons. The second-order valence-electron chi connectivity index (χ2n) is 8.34. The largest absolute Gasteiger partial charge is 0.508 e. The zero-order valence-electron chi connectivity index (χ0n) is 18.6. The van der Waals surface area contributed by atoms with Crippen molar-refractivity contribution in [1.82, 2.24) is 0 Å². The van der Waals surface area contributed by atoms with Gasteiger partial charge in [-0.3, -0.25) is 4.79 Å². The summed E-state index contributed by atoms with van der Waals surface area (Å²) in [5.74, 6) is 1.59. The van der Waals surface area contributed by atoms with Crippen LogP contribution in [0.25, 0.3) is 0 Å². The highest BCUT2D eigenvalue weighted by Gasteiger charge is 2.37. The van der Waals surface area contributed by atoms with Gasteiger partial charge in [-0.1, -0.05) is 30.3 Å². The van der Waals surface area contributed by atoms with Crippen LogP contribution in [-0.2, 0) is 4.79 Å². The number of hydrogen-bond donors (Lipinski definition) is 3. The van der Waals surface area contributed by atoms with E-state index in [4.69, 9.17) is 9.47 Å². The highest BCUT2D eigenvalue weighted by atomic mass is 16.5. The number of ketones is 1. The fourth-order valence-electron chi connectivity index (χ4n) is 4.84. The van der Waals surface area contributed by atoms with Crippen LogP contribution < -0.4 is 20.1 Å². The van der Waals surface area contributed by atoms with Gasteiger partial charge in [-0.05, 0) is 42.8 Å². The molecule has 1 aliphatic carbocycles. The quantitative estimate of drug-likeness (QED) is 0.503. The lowest BCUT2D eigenvalue weighted by atomic mass is 9.78. The average Bonchev–Trinajstić information content (AvgIpc) is 3.00. The Balaban J connectivity index is 1.63. The molecule has 0 saturated heterocycles. The molecule has 0 spiro atoms. The molecule has 0 radical (unpaired) electrons. The third-order valence-corrected chi connectivity index (χ3v) is 6.43. The maximum absolute atomic E-state index is 13.7. The van der Waals surface area contributed by atoms with Gasteiger partial charge in [0.15, 0.2) is 5.78 Å². The van der Waals surface area contributed by atoms with E-state index < -0.39 is 6.04 Å². The normalized spacial score (nSPS) is 19.5. The number of Topliss-reactive ketones (excluding diaryl/α,β-unsaturated/α-hetero) is 1. The van der Waals surface area contributed by atoms with Crippen LogP contribution in [0.3, 0.4) is 0 Å². The highest BCUT2D eigenvalue weighted by Crippen LogP contribution is 2.47. The van der Waals surface area contributed by atoms with Gasteiger partial charge in [0, 0.05) is 34.7 Å². The third kappa shape index (κ3) is 3.78. The average molecular weight is 443 g/mol. The molecule has 0 saturated carbocycles. The van der Waals surface area contributed by atoms with E-state index in [0.29, 0.717) is 24.0 Å². The Morgan fingerprint density at radius 3 is 2.39 bits per heavy atom. The lowest BCUT2D eigenvalue weighted by Gasteiger charge is -2.30. The first-order valence-electron chi connectivity index (χ1n) is 11.0. The summed E-state index contributed by atoms with van der Waals surface area (Å²) in [6.45, 7) is 0. The van der Waals surface area contributed by atoms with E-state index in [1.165, 1.54) is 0 Å². The van der Waals surface area contributed by atoms with Gasteiger partial charge in [-0.2, -0.15) is 0 Å². The van der Waals surface area contributed by atoms with Gasteiger partial charge >= 0.3 is 0 Å². The van der Waals surface area contributed by atoms with Gasteiger partial charge in [0.25, 0.3) is 0 Å². The van der Waals surface area contributed by atoms with Crippen molar-refractivity contribution in [2.75, 3.05) is 24.9 Å². The fourth-order valence-corrected chi connectivity index (χ4v) is 4.84. The summed E-state index contributed by atoms with van der Waals surface area (Å²) in [5, 5.41) is 17.6. The lowest BCUT2D eigenvalue weighted by Crippen LogP contribution is -2.27. The van der Waals surface area contributed by atoms with Crippen LogP contribution in [0.2, 0.25) is 0 Å². The lowest BCUT2D eigenvalue weighted by molar-refractivity contribution is -0.116. The molecular formula is C27H26N2O4. The SMILES string of the molecule is COc1ccc(OC)c(C2CC(=O)C3=C(C2)Nc2ccccc2NC3c2ccccc2O)c1. The van der Waals surface area contributed by atoms with E-state index in [2.05, 4.69) is 10.6 Å². The van der Waals surface area contributed by atoms with Gasteiger partial charge < -0.3 is 25.2 Å². The van der Waals surface area contributed by atoms with Gasteiger partial charge in [0.2, 0.25) is 0 Å². The Hall–Kier alpha value is -3.93. The molecule has 33 heavy (non-hydrogen) atoms. The van der Waals surface area contributed by atoms with Crippen molar-refractivity contribution >= 4 is 17.2 Å². The van der Waals surface area contributed by atoms with Crippen LogP contribution in [-0.4, -0.2) is 25.1 Å². The number of aromatic hydroxyl groups is 1. The first-order valence-corrected chi connectivity index (χ1v) is 11.0. The standard InChI is InChI=1S/C27H26N2O4/c1-32-17-11-12-25(33-2)19(15-17)16-13-22-26(24(31)14-16)27(18-7-3-6-10-23(18)30)29-21-9-5-4-8-20(21)28-22/h3-12,15-16,27-30H,13-14H2,1-2H3. The molecule has 2 atom stereocenters. The Morgan fingerprint density at radius 2 is 1.64 bits per heavy atom. The predicted octanol–water partition coefficient (Wildman–Crippen LogP) is 5.39. The molecular weight excluding hydrogens is 416 g/mol. The minimum atomic E-state index is -0.460. The van der Waals surface area contributed by atoms with Crippen molar-refractivity contribution in [1.29, 1.82) is 0 Å². The highest BCUT2D eigenvalue weighted by molar-refractivity contribution is 6.01. The first kappa shape index (κ1) is 20.9. The molecule has 2 aliphatic rings. The number of benzene rings is 3. The molecule has 6 heteroatoms. The number of carbonyl (C=O) groups is 1. The van der Waals surface area contributed by atoms with Crippen molar-refractivity contribution < 1.29 is 19.4 Å². The van der Waals surface area contributed by atoms with E-state index in [0.717, 1.165) is 34.1 Å². The van der Waals surface area contributed by atoms with Crippen molar-refractivity contribution in [3.63, 3.8) is 0 Å². The van der Waals surface area contributed by atoms with E-state index >= 15 is 0 Å². The summed E-state index contributed by atoms with van der Waals surface area (Å²) in [6, 6.07) is 20.3. The number of allylic oxidation sites excluding steroid dienone is 1. The summed E-state index contributed by atoms with van der Waals surface area (Å²) < 4.78 is 11.0. The van der Waals surface area contributed by atoms with Gasteiger partial charge in [-0.25, -0.2) is 0 Å². The van der Waals surface area contributed by atoms with Crippen LogP contribution >= 0.6 is 0 Å². The summed E-state index contributed by atoms with van der Waals surface area (Å²) in [6.07, 6.45) is 0.969. The van der Waals surface area contributed by atoms with Crippen molar-refractivity contribution in [2.45, 2.75) is 24.8 Å². The van der Waals surface area contributed by atoms with E-state index in [1.807, 2.05) is 54.6 Å². The smallest absolute Gasteiger partial charge is 0.163 e. The minimum Gasteiger partial charge on any atom is -0.508 e. The summed E-state index contributed by atoms with van der Waals surface area (Å²) >= 11 is 0. The van der Waals surface area contributed by atoms with Gasteiger partial charge in [0.05, 0.1) is 31.6 Å². The maximum atomic E-state index is 13.7. The molecule has 0 amide bonds. The van der Waals surface area contributed by atoms with Crippen LogP contribution in [0.1, 0.15) is 35.9 Å². The number of anilines is 2. The van der Waals surface area contributed by atoms with E-state index in [9.17, 15) is 9.90 Å². The monoisotopic (exact) mass is 442 g/mol. The Bertz CT molecular complexity index is 1250. The number of ether oxygens (including phenoxy) is 2. The first-order chi connectivity index (χ1) is 16.1. The zero-order valence-corrected chi connectivity index (χ0v) is 18.6.